The topological polar surface area (TPSA) is 28.7 Å². The number of imidazole rings is 1. The number of hydrogen-bond donors (Lipinski definition) is 1. The minimum atomic E-state index is 0.203. The summed E-state index contributed by atoms with van der Waals surface area (Å²) in [5, 5.41) is 0. The van der Waals surface area contributed by atoms with Crippen LogP contribution in [0.3, 0.4) is 0 Å². The molecule has 15 heavy (non-hydrogen) atoms. The van der Waals surface area contributed by atoms with Crippen LogP contribution in [-0.4, -0.2) is 9.97 Å². The Kier molecular flexibility index (Phi) is 3.72. The summed E-state index contributed by atoms with van der Waals surface area (Å²) in [7, 11) is 0. The lowest BCUT2D eigenvalue weighted by Crippen LogP contribution is -2.18. The molecule has 0 bridgehead atoms. The first-order valence-corrected chi connectivity index (χ1v) is 5.61. The van der Waals surface area contributed by atoms with Crippen molar-refractivity contribution < 1.29 is 0 Å². The SMILES string of the molecule is CC/C(C)=C\C(c1ncc[nH]1)C(C)(C)C. The van der Waals surface area contributed by atoms with E-state index in [1.165, 1.54) is 5.57 Å². The van der Waals surface area contributed by atoms with E-state index in [2.05, 4.69) is 50.7 Å². The van der Waals surface area contributed by atoms with Gasteiger partial charge in [0.05, 0.1) is 0 Å². The Morgan fingerprint density at radius 3 is 2.60 bits per heavy atom. The highest BCUT2D eigenvalue weighted by atomic mass is 14.9. The summed E-state index contributed by atoms with van der Waals surface area (Å²) in [6.07, 6.45) is 7.15. The van der Waals surface area contributed by atoms with E-state index in [1.54, 1.807) is 0 Å². The Bertz CT molecular complexity index is 315. The molecule has 1 unspecified atom stereocenters. The fourth-order valence-electron chi connectivity index (χ4n) is 1.59. The van der Waals surface area contributed by atoms with Gasteiger partial charge in [-0.25, -0.2) is 4.98 Å². The van der Waals surface area contributed by atoms with Gasteiger partial charge in [0.25, 0.3) is 0 Å². The average Bonchev–Trinajstić information content (AvgIpc) is 2.64. The number of aromatic amines is 1. The highest BCUT2D eigenvalue weighted by Crippen LogP contribution is 2.35. The second kappa shape index (κ2) is 4.65. The second-order valence-corrected chi connectivity index (χ2v) is 5.18. The van der Waals surface area contributed by atoms with Gasteiger partial charge >= 0.3 is 0 Å². The molecule has 84 valence electrons. The zero-order valence-corrected chi connectivity index (χ0v) is 10.5. The van der Waals surface area contributed by atoms with Gasteiger partial charge in [0.15, 0.2) is 0 Å². The summed E-state index contributed by atoms with van der Waals surface area (Å²) in [6.45, 7) is 11.1. The number of nitrogens with zero attached hydrogens (tertiary/aromatic N) is 1. The van der Waals surface area contributed by atoms with Crippen LogP contribution in [0.2, 0.25) is 0 Å². The van der Waals surface area contributed by atoms with E-state index in [0.29, 0.717) is 5.92 Å². The number of hydrogen-bond acceptors (Lipinski definition) is 1. The van der Waals surface area contributed by atoms with Crippen molar-refractivity contribution in [2.45, 2.75) is 47.0 Å². The van der Waals surface area contributed by atoms with Crippen LogP contribution in [0.5, 0.6) is 0 Å². The first-order valence-electron chi connectivity index (χ1n) is 5.61. The number of nitrogens with one attached hydrogen (secondary N) is 1. The predicted octanol–water partition coefficient (Wildman–Crippen LogP) is 3.90. The minimum absolute atomic E-state index is 0.203. The maximum atomic E-state index is 4.37. The zero-order valence-electron chi connectivity index (χ0n) is 10.5. The van der Waals surface area contributed by atoms with E-state index in [0.717, 1.165) is 12.2 Å². The van der Waals surface area contributed by atoms with Crippen LogP contribution in [0, 0.1) is 5.41 Å². The van der Waals surface area contributed by atoms with E-state index in [-0.39, 0.29) is 5.41 Å². The van der Waals surface area contributed by atoms with E-state index < -0.39 is 0 Å². The van der Waals surface area contributed by atoms with E-state index in [9.17, 15) is 0 Å². The van der Waals surface area contributed by atoms with Crippen molar-refractivity contribution in [2.24, 2.45) is 5.41 Å². The molecule has 0 aliphatic heterocycles. The smallest absolute Gasteiger partial charge is 0.113 e. The highest BCUT2D eigenvalue weighted by Gasteiger charge is 2.26. The van der Waals surface area contributed by atoms with E-state index in [4.69, 9.17) is 0 Å². The maximum Gasteiger partial charge on any atom is 0.113 e. The standard InChI is InChI=1S/C13H22N2/c1-6-10(2)9-11(13(3,4)5)12-14-7-8-15-12/h7-9,11H,6H2,1-5H3,(H,14,15)/b10-9-. The first kappa shape index (κ1) is 12.0. The fraction of sp³-hybridized carbons (Fsp3) is 0.615. The third kappa shape index (κ3) is 3.22. The fourth-order valence-corrected chi connectivity index (χ4v) is 1.59. The molecule has 1 aromatic heterocycles. The van der Waals surface area contributed by atoms with Gasteiger partial charge in [-0.05, 0) is 18.8 Å². The summed E-state index contributed by atoms with van der Waals surface area (Å²) in [6, 6.07) is 0. The van der Waals surface area contributed by atoms with Gasteiger partial charge in [0.1, 0.15) is 5.82 Å². The molecule has 0 radical (unpaired) electrons. The molecule has 0 saturated heterocycles. The molecule has 0 spiro atoms. The van der Waals surface area contributed by atoms with Crippen molar-refractivity contribution in [1.82, 2.24) is 9.97 Å². The zero-order chi connectivity index (χ0) is 11.5. The molecule has 1 N–H and O–H groups in total. The van der Waals surface area contributed by atoms with Crippen LogP contribution in [0.4, 0.5) is 0 Å². The average molecular weight is 206 g/mol. The van der Waals surface area contributed by atoms with Crippen LogP contribution >= 0.6 is 0 Å². The lowest BCUT2D eigenvalue weighted by atomic mass is 9.79. The molecule has 2 nitrogen and oxygen atoms in total. The van der Waals surface area contributed by atoms with Crippen LogP contribution in [0.25, 0.3) is 0 Å². The molecule has 0 saturated carbocycles. The molecule has 2 heteroatoms. The van der Waals surface area contributed by atoms with Gasteiger partial charge in [0, 0.05) is 18.3 Å². The summed E-state index contributed by atoms with van der Waals surface area (Å²) in [5.41, 5.74) is 1.63. The second-order valence-electron chi connectivity index (χ2n) is 5.18. The van der Waals surface area contributed by atoms with Gasteiger partial charge in [-0.1, -0.05) is 39.3 Å². The Labute approximate surface area is 92.8 Å². The summed E-state index contributed by atoms with van der Waals surface area (Å²) >= 11 is 0. The summed E-state index contributed by atoms with van der Waals surface area (Å²) < 4.78 is 0. The van der Waals surface area contributed by atoms with Crippen molar-refractivity contribution >= 4 is 0 Å². The summed E-state index contributed by atoms with van der Waals surface area (Å²) in [5.74, 6) is 1.43. The Morgan fingerprint density at radius 1 is 1.53 bits per heavy atom. The lowest BCUT2D eigenvalue weighted by Gasteiger charge is -2.27. The van der Waals surface area contributed by atoms with Crippen LogP contribution in [0.1, 0.15) is 52.8 Å². The van der Waals surface area contributed by atoms with Crippen molar-refractivity contribution in [3.63, 3.8) is 0 Å². The number of H-pyrrole nitrogens is 1. The van der Waals surface area contributed by atoms with E-state index in [1.807, 2.05) is 12.4 Å². The van der Waals surface area contributed by atoms with Crippen LogP contribution < -0.4 is 0 Å². The Morgan fingerprint density at radius 2 is 2.20 bits per heavy atom. The van der Waals surface area contributed by atoms with Crippen LogP contribution in [-0.2, 0) is 0 Å². The summed E-state index contributed by atoms with van der Waals surface area (Å²) in [4.78, 5) is 7.59. The number of aromatic nitrogens is 2. The highest BCUT2D eigenvalue weighted by molar-refractivity contribution is 5.15. The molecule has 0 aromatic carbocycles. The minimum Gasteiger partial charge on any atom is -0.348 e. The molecular weight excluding hydrogens is 184 g/mol. The first-order chi connectivity index (χ1) is 6.95. The van der Waals surface area contributed by atoms with E-state index >= 15 is 0 Å². The number of allylic oxidation sites excluding steroid dienone is 2. The van der Waals surface area contributed by atoms with Crippen molar-refractivity contribution in [2.75, 3.05) is 0 Å². The maximum absolute atomic E-state index is 4.37. The molecule has 0 amide bonds. The molecule has 0 aliphatic rings. The van der Waals surface area contributed by atoms with Crippen LogP contribution in [0.15, 0.2) is 24.0 Å². The molecule has 1 atom stereocenters. The van der Waals surface area contributed by atoms with Gasteiger partial charge < -0.3 is 4.98 Å². The molecule has 1 aromatic rings. The number of rotatable bonds is 3. The molecule has 0 fully saturated rings. The predicted molar refractivity (Wildman–Crippen MR) is 64.8 cm³/mol. The largest absolute Gasteiger partial charge is 0.348 e. The van der Waals surface area contributed by atoms with Gasteiger partial charge in [-0.3, -0.25) is 0 Å². The molecule has 0 aliphatic carbocycles. The van der Waals surface area contributed by atoms with Crippen molar-refractivity contribution in [1.29, 1.82) is 0 Å². The van der Waals surface area contributed by atoms with Gasteiger partial charge in [0.2, 0.25) is 0 Å². The molecule has 1 heterocycles. The van der Waals surface area contributed by atoms with Gasteiger partial charge in [-0.15, -0.1) is 0 Å². The molecule has 1 rings (SSSR count). The Balaban J connectivity index is 3.00. The lowest BCUT2D eigenvalue weighted by molar-refractivity contribution is 0.355. The monoisotopic (exact) mass is 206 g/mol. The normalized spacial score (nSPS) is 15.4. The van der Waals surface area contributed by atoms with Gasteiger partial charge in [-0.2, -0.15) is 0 Å². The Hall–Kier alpha value is -1.05. The molecular formula is C13H22N2. The quantitative estimate of drug-likeness (QED) is 0.747. The third-order valence-electron chi connectivity index (χ3n) is 2.76. The van der Waals surface area contributed by atoms with Crippen molar-refractivity contribution in [3.05, 3.63) is 29.9 Å². The third-order valence-corrected chi connectivity index (χ3v) is 2.76. The van der Waals surface area contributed by atoms with Crippen molar-refractivity contribution in [3.8, 4) is 0 Å².